The number of benzene rings is 2. The van der Waals surface area contributed by atoms with Crippen molar-refractivity contribution < 1.29 is 4.74 Å². The zero-order chi connectivity index (χ0) is 15.4. The number of nitrogens with one attached hydrogen (secondary N) is 1. The second-order valence-electron chi connectivity index (χ2n) is 6.40. The quantitative estimate of drug-likeness (QED) is 0.894. The van der Waals surface area contributed by atoms with Crippen LogP contribution in [0.4, 0.5) is 0 Å². The lowest BCUT2D eigenvalue weighted by Crippen LogP contribution is -2.21. The predicted octanol–water partition coefficient (Wildman–Crippen LogP) is 4.17. The Hall–Kier alpha value is -1.64. The Labute approximate surface area is 133 Å². The van der Waals surface area contributed by atoms with E-state index in [2.05, 4.69) is 67.7 Å². The summed E-state index contributed by atoms with van der Waals surface area (Å²) >= 11 is 0. The zero-order valence-electron chi connectivity index (χ0n) is 13.5. The first-order valence-electron chi connectivity index (χ1n) is 8.15. The fraction of sp³-hybridized carbons (Fsp3) is 0.400. The lowest BCUT2D eigenvalue weighted by molar-refractivity contribution is 0.0826. The van der Waals surface area contributed by atoms with E-state index in [9.17, 15) is 0 Å². The standard InChI is InChI=1S/C20H25NO/c1-15-10-16(2)12-17(11-15)13-22-14-19-8-9-21-20(19)18-6-4-3-5-7-18/h3-7,10-12,19-21H,8-9,13-14H2,1-2H3. The minimum absolute atomic E-state index is 0.431. The molecular formula is C20H25NO. The van der Waals surface area contributed by atoms with Crippen molar-refractivity contribution >= 4 is 0 Å². The Morgan fingerprint density at radius 1 is 1.05 bits per heavy atom. The van der Waals surface area contributed by atoms with E-state index in [0.717, 1.165) is 13.2 Å². The van der Waals surface area contributed by atoms with E-state index < -0.39 is 0 Å². The summed E-state index contributed by atoms with van der Waals surface area (Å²) in [7, 11) is 0. The summed E-state index contributed by atoms with van der Waals surface area (Å²) < 4.78 is 6.03. The van der Waals surface area contributed by atoms with Crippen LogP contribution in [0, 0.1) is 19.8 Å². The van der Waals surface area contributed by atoms with Crippen molar-refractivity contribution in [3.8, 4) is 0 Å². The SMILES string of the molecule is Cc1cc(C)cc(COCC2CCNC2c2ccccc2)c1. The molecule has 0 bridgehead atoms. The highest BCUT2D eigenvalue weighted by Crippen LogP contribution is 2.29. The van der Waals surface area contributed by atoms with Crippen LogP contribution < -0.4 is 5.32 Å². The molecule has 0 saturated carbocycles. The van der Waals surface area contributed by atoms with Gasteiger partial charge in [0.15, 0.2) is 0 Å². The van der Waals surface area contributed by atoms with Crippen LogP contribution in [-0.2, 0) is 11.3 Å². The van der Waals surface area contributed by atoms with Crippen molar-refractivity contribution in [2.24, 2.45) is 5.92 Å². The Morgan fingerprint density at radius 3 is 2.50 bits per heavy atom. The first-order chi connectivity index (χ1) is 10.7. The van der Waals surface area contributed by atoms with Crippen LogP contribution in [0.25, 0.3) is 0 Å². The van der Waals surface area contributed by atoms with Gasteiger partial charge in [0.2, 0.25) is 0 Å². The molecule has 2 nitrogen and oxygen atoms in total. The molecule has 22 heavy (non-hydrogen) atoms. The summed E-state index contributed by atoms with van der Waals surface area (Å²) in [6, 6.07) is 17.8. The molecule has 1 aliphatic rings. The molecule has 1 fully saturated rings. The average molecular weight is 295 g/mol. The number of rotatable bonds is 5. The van der Waals surface area contributed by atoms with Gasteiger partial charge in [-0.05, 0) is 37.9 Å². The molecule has 3 rings (SSSR count). The lowest BCUT2D eigenvalue weighted by atomic mass is 9.95. The van der Waals surface area contributed by atoms with Gasteiger partial charge in [-0.15, -0.1) is 0 Å². The van der Waals surface area contributed by atoms with Crippen LogP contribution in [0.5, 0.6) is 0 Å². The molecule has 2 unspecified atom stereocenters. The van der Waals surface area contributed by atoms with Crippen molar-refractivity contribution in [2.45, 2.75) is 32.9 Å². The molecular weight excluding hydrogens is 270 g/mol. The average Bonchev–Trinajstić information content (AvgIpc) is 2.96. The summed E-state index contributed by atoms with van der Waals surface area (Å²) in [6.07, 6.45) is 1.19. The van der Waals surface area contributed by atoms with Gasteiger partial charge in [0, 0.05) is 12.0 Å². The lowest BCUT2D eigenvalue weighted by Gasteiger charge is -2.20. The van der Waals surface area contributed by atoms with Crippen LogP contribution in [-0.4, -0.2) is 13.2 Å². The van der Waals surface area contributed by atoms with Gasteiger partial charge in [-0.2, -0.15) is 0 Å². The minimum Gasteiger partial charge on any atom is -0.376 e. The maximum Gasteiger partial charge on any atom is 0.0717 e. The first-order valence-corrected chi connectivity index (χ1v) is 8.15. The van der Waals surface area contributed by atoms with Crippen molar-refractivity contribution in [2.75, 3.05) is 13.2 Å². The number of aryl methyl sites for hydroxylation is 2. The molecule has 0 aliphatic carbocycles. The predicted molar refractivity (Wildman–Crippen MR) is 90.9 cm³/mol. The Bertz CT molecular complexity index is 588. The van der Waals surface area contributed by atoms with Gasteiger partial charge in [0.1, 0.15) is 0 Å². The number of ether oxygens (including phenoxy) is 1. The molecule has 2 aromatic carbocycles. The summed E-state index contributed by atoms with van der Waals surface area (Å²) in [5.41, 5.74) is 5.27. The van der Waals surface area contributed by atoms with E-state index in [-0.39, 0.29) is 0 Å². The summed E-state index contributed by atoms with van der Waals surface area (Å²) in [5.74, 6) is 0.563. The Kier molecular flexibility index (Phi) is 4.91. The van der Waals surface area contributed by atoms with Crippen LogP contribution in [0.15, 0.2) is 48.5 Å². The van der Waals surface area contributed by atoms with E-state index in [1.807, 2.05) is 0 Å². The number of hydrogen-bond acceptors (Lipinski definition) is 2. The molecule has 0 spiro atoms. The van der Waals surface area contributed by atoms with Crippen molar-refractivity contribution in [1.82, 2.24) is 5.32 Å². The van der Waals surface area contributed by atoms with Crippen molar-refractivity contribution in [3.63, 3.8) is 0 Å². The topological polar surface area (TPSA) is 21.3 Å². The highest BCUT2D eigenvalue weighted by Gasteiger charge is 2.27. The fourth-order valence-corrected chi connectivity index (χ4v) is 3.47. The molecule has 1 N–H and O–H groups in total. The molecule has 116 valence electrons. The van der Waals surface area contributed by atoms with Gasteiger partial charge >= 0.3 is 0 Å². The summed E-state index contributed by atoms with van der Waals surface area (Å²) in [6.45, 7) is 6.89. The van der Waals surface area contributed by atoms with Crippen molar-refractivity contribution in [1.29, 1.82) is 0 Å². The fourth-order valence-electron chi connectivity index (χ4n) is 3.47. The monoisotopic (exact) mass is 295 g/mol. The summed E-state index contributed by atoms with van der Waals surface area (Å²) in [4.78, 5) is 0. The largest absolute Gasteiger partial charge is 0.376 e. The highest BCUT2D eigenvalue weighted by atomic mass is 16.5. The Morgan fingerprint density at radius 2 is 1.77 bits per heavy atom. The van der Waals surface area contributed by atoms with Crippen LogP contribution in [0.3, 0.4) is 0 Å². The third kappa shape index (κ3) is 3.76. The molecule has 2 heteroatoms. The van der Waals surface area contributed by atoms with E-state index >= 15 is 0 Å². The van der Waals surface area contributed by atoms with E-state index in [1.165, 1.54) is 28.7 Å². The minimum atomic E-state index is 0.431. The van der Waals surface area contributed by atoms with Gasteiger partial charge in [-0.25, -0.2) is 0 Å². The zero-order valence-corrected chi connectivity index (χ0v) is 13.5. The molecule has 0 aromatic heterocycles. The molecule has 1 heterocycles. The first kappa shape index (κ1) is 15.3. The van der Waals surface area contributed by atoms with E-state index in [1.54, 1.807) is 0 Å². The second-order valence-corrected chi connectivity index (χ2v) is 6.40. The third-order valence-electron chi connectivity index (χ3n) is 4.39. The normalized spacial score (nSPS) is 21.2. The van der Waals surface area contributed by atoms with Gasteiger partial charge in [0.25, 0.3) is 0 Å². The van der Waals surface area contributed by atoms with Crippen LogP contribution in [0.2, 0.25) is 0 Å². The molecule has 2 aromatic rings. The summed E-state index contributed by atoms with van der Waals surface area (Å²) in [5, 5.41) is 3.61. The number of hydrogen-bond donors (Lipinski definition) is 1. The van der Waals surface area contributed by atoms with E-state index in [0.29, 0.717) is 18.6 Å². The molecule has 0 amide bonds. The van der Waals surface area contributed by atoms with Crippen LogP contribution in [0.1, 0.15) is 34.7 Å². The van der Waals surface area contributed by atoms with Gasteiger partial charge in [-0.3, -0.25) is 0 Å². The highest BCUT2D eigenvalue weighted by molar-refractivity contribution is 5.28. The molecule has 0 radical (unpaired) electrons. The van der Waals surface area contributed by atoms with E-state index in [4.69, 9.17) is 4.74 Å². The second kappa shape index (κ2) is 7.08. The smallest absolute Gasteiger partial charge is 0.0717 e. The maximum absolute atomic E-state index is 6.03. The third-order valence-corrected chi connectivity index (χ3v) is 4.39. The van der Waals surface area contributed by atoms with Gasteiger partial charge in [-0.1, -0.05) is 59.7 Å². The van der Waals surface area contributed by atoms with Crippen LogP contribution >= 0.6 is 0 Å². The maximum atomic E-state index is 6.03. The Balaban J connectivity index is 1.56. The molecule has 1 saturated heterocycles. The van der Waals surface area contributed by atoms with Gasteiger partial charge < -0.3 is 10.1 Å². The molecule has 2 atom stereocenters. The van der Waals surface area contributed by atoms with Crippen molar-refractivity contribution in [3.05, 3.63) is 70.8 Å². The molecule has 1 aliphatic heterocycles. The van der Waals surface area contributed by atoms with Gasteiger partial charge in [0.05, 0.1) is 13.2 Å².